The van der Waals surface area contributed by atoms with Gasteiger partial charge in [0.2, 0.25) is 5.70 Å². The number of benzene rings is 1. The molecule has 1 aromatic rings. The first-order valence-corrected chi connectivity index (χ1v) is 5.83. The number of rotatable bonds is 3. The molecule has 4 heteroatoms. The Kier molecular flexibility index (Phi) is 4.24. The first-order valence-electron chi connectivity index (χ1n) is 5.04. The van der Waals surface area contributed by atoms with Crippen LogP contribution in [0.15, 0.2) is 28.4 Å². The highest BCUT2D eigenvalue weighted by atomic mass is 79.9. The van der Waals surface area contributed by atoms with E-state index in [0.29, 0.717) is 0 Å². The Morgan fingerprint density at radius 1 is 1.50 bits per heavy atom. The molecule has 0 spiro atoms. The normalized spacial score (nSPS) is 11.9. The maximum Gasteiger partial charge on any atom is 0.249 e. The van der Waals surface area contributed by atoms with Crippen molar-refractivity contribution in [2.75, 3.05) is 0 Å². The number of nitrogens with zero attached hydrogens (tertiary/aromatic N) is 1. The molecular formula is C12H14BrNO2. The molecular weight excluding hydrogens is 270 g/mol. The predicted octanol–water partition coefficient (Wildman–Crippen LogP) is 4.03. The van der Waals surface area contributed by atoms with Crippen molar-refractivity contribution in [2.24, 2.45) is 5.92 Å². The third-order valence-corrected chi connectivity index (χ3v) is 3.19. The molecule has 0 aromatic heterocycles. The van der Waals surface area contributed by atoms with Crippen LogP contribution in [0.1, 0.15) is 25.0 Å². The molecule has 0 N–H and O–H groups in total. The predicted molar refractivity (Wildman–Crippen MR) is 68.7 cm³/mol. The Morgan fingerprint density at radius 3 is 2.56 bits per heavy atom. The maximum atomic E-state index is 10.8. The first-order chi connectivity index (χ1) is 7.41. The Hall–Kier alpha value is -1.16. The summed E-state index contributed by atoms with van der Waals surface area (Å²) in [6, 6.07) is 5.69. The van der Waals surface area contributed by atoms with Gasteiger partial charge in [-0.3, -0.25) is 10.1 Å². The zero-order valence-corrected chi connectivity index (χ0v) is 11.1. The average molecular weight is 284 g/mol. The lowest BCUT2D eigenvalue weighted by atomic mass is 10.1. The van der Waals surface area contributed by atoms with Crippen LogP contribution in [0, 0.1) is 23.0 Å². The summed E-state index contributed by atoms with van der Waals surface area (Å²) < 4.78 is 1.01. The summed E-state index contributed by atoms with van der Waals surface area (Å²) in [5.74, 6) is -0.0843. The maximum absolute atomic E-state index is 10.8. The van der Waals surface area contributed by atoms with E-state index in [1.165, 1.54) is 0 Å². The lowest BCUT2D eigenvalue weighted by Crippen LogP contribution is -2.05. The van der Waals surface area contributed by atoms with Crippen molar-refractivity contribution >= 4 is 22.0 Å². The quantitative estimate of drug-likeness (QED) is 0.621. The van der Waals surface area contributed by atoms with Crippen molar-refractivity contribution in [3.63, 3.8) is 0 Å². The Labute approximate surface area is 103 Å². The van der Waals surface area contributed by atoms with Crippen LogP contribution in [0.25, 0.3) is 6.08 Å². The van der Waals surface area contributed by atoms with Crippen LogP contribution >= 0.6 is 15.9 Å². The number of halogens is 1. The molecule has 1 rings (SSSR count). The number of aryl methyl sites for hydroxylation is 1. The molecule has 0 amide bonds. The number of nitro groups is 1. The van der Waals surface area contributed by atoms with E-state index >= 15 is 0 Å². The zero-order chi connectivity index (χ0) is 12.3. The fraction of sp³-hybridized carbons (Fsp3) is 0.333. The van der Waals surface area contributed by atoms with Crippen molar-refractivity contribution in [3.8, 4) is 0 Å². The highest BCUT2D eigenvalue weighted by molar-refractivity contribution is 9.10. The van der Waals surface area contributed by atoms with E-state index in [1.54, 1.807) is 6.08 Å². The third-order valence-electron chi connectivity index (χ3n) is 2.30. The topological polar surface area (TPSA) is 43.1 Å². The SMILES string of the molecule is Cc1cc(/C=C(/C(C)C)[N+](=O)[O-])ccc1Br. The largest absolute Gasteiger partial charge is 0.259 e. The molecule has 0 aliphatic heterocycles. The Morgan fingerprint density at radius 2 is 2.12 bits per heavy atom. The molecule has 0 saturated carbocycles. The number of allylic oxidation sites excluding steroid dienone is 1. The molecule has 0 atom stereocenters. The fourth-order valence-electron chi connectivity index (χ4n) is 1.36. The van der Waals surface area contributed by atoms with Gasteiger partial charge in [-0.05, 0) is 24.1 Å². The van der Waals surface area contributed by atoms with Crippen molar-refractivity contribution in [1.82, 2.24) is 0 Å². The monoisotopic (exact) mass is 283 g/mol. The van der Waals surface area contributed by atoms with Crippen LogP contribution in [0.4, 0.5) is 0 Å². The standard InChI is InChI=1S/C12H14BrNO2/c1-8(2)12(14(15)16)7-10-4-5-11(13)9(3)6-10/h4-8H,1-3H3/b12-7-. The molecule has 0 bridgehead atoms. The molecule has 0 heterocycles. The second-order valence-corrected chi connectivity index (χ2v) is 4.84. The van der Waals surface area contributed by atoms with Crippen LogP contribution in [0.5, 0.6) is 0 Å². The minimum absolute atomic E-state index is 0.0843. The van der Waals surface area contributed by atoms with Crippen LogP contribution in [-0.2, 0) is 0 Å². The highest BCUT2D eigenvalue weighted by Crippen LogP contribution is 2.20. The lowest BCUT2D eigenvalue weighted by molar-refractivity contribution is -0.431. The summed E-state index contributed by atoms with van der Waals surface area (Å²) in [5.41, 5.74) is 2.17. The van der Waals surface area contributed by atoms with E-state index in [2.05, 4.69) is 15.9 Å². The summed E-state index contributed by atoms with van der Waals surface area (Å²) in [5, 5.41) is 10.8. The van der Waals surface area contributed by atoms with Gasteiger partial charge in [0, 0.05) is 16.5 Å². The molecule has 0 fully saturated rings. The molecule has 0 unspecified atom stereocenters. The van der Waals surface area contributed by atoms with Crippen LogP contribution in [0.2, 0.25) is 0 Å². The second kappa shape index (κ2) is 5.25. The summed E-state index contributed by atoms with van der Waals surface area (Å²) in [7, 11) is 0. The summed E-state index contributed by atoms with van der Waals surface area (Å²) in [6.45, 7) is 5.60. The minimum atomic E-state index is -0.317. The molecule has 0 saturated heterocycles. The summed E-state index contributed by atoms with van der Waals surface area (Å²) in [6.07, 6.45) is 1.63. The van der Waals surface area contributed by atoms with Crippen molar-refractivity contribution < 1.29 is 4.92 Å². The van der Waals surface area contributed by atoms with Crippen LogP contribution < -0.4 is 0 Å². The molecule has 1 aromatic carbocycles. The van der Waals surface area contributed by atoms with Crippen molar-refractivity contribution in [3.05, 3.63) is 49.6 Å². The second-order valence-electron chi connectivity index (χ2n) is 3.99. The van der Waals surface area contributed by atoms with Gasteiger partial charge in [-0.1, -0.05) is 41.9 Å². The van der Waals surface area contributed by atoms with Crippen molar-refractivity contribution in [2.45, 2.75) is 20.8 Å². The molecule has 0 radical (unpaired) electrons. The minimum Gasteiger partial charge on any atom is -0.259 e. The van der Waals surface area contributed by atoms with Crippen molar-refractivity contribution in [1.29, 1.82) is 0 Å². The molecule has 0 aliphatic carbocycles. The zero-order valence-electron chi connectivity index (χ0n) is 9.53. The molecule has 3 nitrogen and oxygen atoms in total. The van der Waals surface area contributed by atoms with E-state index in [1.807, 2.05) is 39.0 Å². The fourth-order valence-corrected chi connectivity index (χ4v) is 1.61. The smallest absolute Gasteiger partial charge is 0.249 e. The summed E-state index contributed by atoms with van der Waals surface area (Å²) >= 11 is 3.40. The van der Waals surface area contributed by atoms with E-state index in [4.69, 9.17) is 0 Å². The Balaban J connectivity index is 3.13. The van der Waals surface area contributed by atoms with Crippen LogP contribution in [-0.4, -0.2) is 4.92 Å². The van der Waals surface area contributed by atoms with Gasteiger partial charge in [0.25, 0.3) is 0 Å². The average Bonchev–Trinajstić information content (AvgIpc) is 2.18. The highest BCUT2D eigenvalue weighted by Gasteiger charge is 2.15. The van der Waals surface area contributed by atoms with Gasteiger partial charge in [0.1, 0.15) is 0 Å². The third kappa shape index (κ3) is 3.17. The molecule has 0 aliphatic rings. The van der Waals surface area contributed by atoms with Gasteiger partial charge in [0.15, 0.2) is 0 Å². The van der Waals surface area contributed by atoms with E-state index < -0.39 is 0 Å². The van der Waals surface area contributed by atoms with Gasteiger partial charge < -0.3 is 0 Å². The van der Waals surface area contributed by atoms with E-state index in [0.717, 1.165) is 15.6 Å². The van der Waals surface area contributed by atoms with Gasteiger partial charge >= 0.3 is 0 Å². The number of hydrogen-bond donors (Lipinski definition) is 0. The van der Waals surface area contributed by atoms with Crippen LogP contribution in [0.3, 0.4) is 0 Å². The lowest BCUT2D eigenvalue weighted by Gasteiger charge is -2.03. The molecule has 16 heavy (non-hydrogen) atoms. The van der Waals surface area contributed by atoms with E-state index in [-0.39, 0.29) is 16.5 Å². The van der Waals surface area contributed by atoms with Gasteiger partial charge in [-0.2, -0.15) is 0 Å². The summed E-state index contributed by atoms with van der Waals surface area (Å²) in [4.78, 5) is 10.5. The number of hydrogen-bond acceptors (Lipinski definition) is 2. The van der Waals surface area contributed by atoms with Gasteiger partial charge in [-0.25, -0.2) is 0 Å². The molecule has 86 valence electrons. The van der Waals surface area contributed by atoms with Gasteiger partial charge in [0.05, 0.1) is 4.92 Å². The Bertz CT molecular complexity index is 439. The van der Waals surface area contributed by atoms with Gasteiger partial charge in [-0.15, -0.1) is 0 Å². The first kappa shape index (κ1) is 12.9. The van der Waals surface area contributed by atoms with E-state index in [9.17, 15) is 10.1 Å².